The minimum Gasteiger partial charge on any atom is -0.310 e. The molecule has 1 heterocycles. The summed E-state index contributed by atoms with van der Waals surface area (Å²) in [6.07, 6.45) is 4.93. The van der Waals surface area contributed by atoms with Gasteiger partial charge in [0.05, 0.1) is 5.56 Å². The van der Waals surface area contributed by atoms with Crippen molar-refractivity contribution in [2.75, 3.05) is 0 Å². The minimum absolute atomic E-state index is 0.00919. The van der Waals surface area contributed by atoms with Crippen molar-refractivity contribution in [2.24, 2.45) is 5.41 Å². The second-order valence-electron chi connectivity index (χ2n) is 7.00. The lowest BCUT2D eigenvalue weighted by atomic mass is 9.75. The molecular formula is C16H27N3O. The average molecular weight is 277 g/mol. The van der Waals surface area contributed by atoms with Crippen molar-refractivity contribution < 1.29 is 0 Å². The summed E-state index contributed by atoms with van der Waals surface area (Å²) in [6, 6.07) is 0.541. The van der Waals surface area contributed by atoms with Crippen LogP contribution in [0.25, 0.3) is 0 Å². The molecule has 4 nitrogen and oxygen atoms in total. The lowest BCUT2D eigenvalue weighted by Crippen LogP contribution is -2.40. The molecule has 1 aromatic rings. The minimum atomic E-state index is -0.00919. The second kappa shape index (κ2) is 5.68. The first kappa shape index (κ1) is 15.2. The molecule has 112 valence electrons. The summed E-state index contributed by atoms with van der Waals surface area (Å²) in [7, 11) is 0. The van der Waals surface area contributed by atoms with Crippen LogP contribution in [0.15, 0.2) is 4.79 Å². The largest absolute Gasteiger partial charge is 0.310 e. The fourth-order valence-corrected chi connectivity index (χ4v) is 3.52. The van der Waals surface area contributed by atoms with Crippen molar-refractivity contribution in [2.45, 2.75) is 72.4 Å². The quantitative estimate of drug-likeness (QED) is 0.893. The molecule has 0 saturated heterocycles. The molecule has 0 aliphatic heterocycles. The van der Waals surface area contributed by atoms with Crippen LogP contribution >= 0.6 is 0 Å². The maximum atomic E-state index is 12.1. The van der Waals surface area contributed by atoms with Crippen LogP contribution in [-0.2, 0) is 0 Å². The number of hydrogen-bond acceptors (Lipinski definition) is 3. The zero-order chi connectivity index (χ0) is 14.9. The molecule has 2 N–H and O–H groups in total. The van der Waals surface area contributed by atoms with E-state index >= 15 is 0 Å². The van der Waals surface area contributed by atoms with Gasteiger partial charge in [-0.05, 0) is 45.4 Å². The van der Waals surface area contributed by atoms with Crippen LogP contribution in [0.2, 0.25) is 0 Å². The topological polar surface area (TPSA) is 57.8 Å². The molecule has 4 heteroatoms. The summed E-state index contributed by atoms with van der Waals surface area (Å²) >= 11 is 0. The van der Waals surface area contributed by atoms with Gasteiger partial charge in [0.15, 0.2) is 0 Å². The van der Waals surface area contributed by atoms with E-state index < -0.39 is 0 Å². The molecule has 1 fully saturated rings. The Hall–Kier alpha value is -1.16. The highest BCUT2D eigenvalue weighted by molar-refractivity contribution is 5.20. The normalized spacial score (nSPS) is 23.6. The molecule has 20 heavy (non-hydrogen) atoms. The van der Waals surface area contributed by atoms with Gasteiger partial charge >= 0.3 is 0 Å². The van der Waals surface area contributed by atoms with Crippen LogP contribution in [0, 0.1) is 19.3 Å². The van der Waals surface area contributed by atoms with E-state index in [0.29, 0.717) is 17.3 Å². The molecule has 0 amide bonds. The van der Waals surface area contributed by atoms with Gasteiger partial charge in [-0.2, -0.15) is 0 Å². The van der Waals surface area contributed by atoms with Gasteiger partial charge in [-0.3, -0.25) is 4.79 Å². The zero-order valence-corrected chi connectivity index (χ0v) is 13.3. The number of nitrogens with one attached hydrogen (secondary N) is 2. The van der Waals surface area contributed by atoms with Gasteiger partial charge in [-0.25, -0.2) is 4.98 Å². The fourth-order valence-electron chi connectivity index (χ4n) is 3.52. The molecule has 1 aliphatic carbocycles. The Morgan fingerprint density at radius 2 is 2.10 bits per heavy atom. The molecule has 2 rings (SSSR count). The SMILES string of the molecule is Cc1nc(C)c(C(C)NC2CCCC(C)(C)C2)c(=O)[nH]1. The maximum Gasteiger partial charge on any atom is 0.255 e. The smallest absolute Gasteiger partial charge is 0.255 e. The Morgan fingerprint density at radius 1 is 1.40 bits per heavy atom. The number of aromatic amines is 1. The Balaban J connectivity index is 2.13. The first-order valence-electron chi connectivity index (χ1n) is 7.62. The highest BCUT2D eigenvalue weighted by Crippen LogP contribution is 2.35. The van der Waals surface area contributed by atoms with Gasteiger partial charge in [0.25, 0.3) is 5.56 Å². The average Bonchev–Trinajstić information content (AvgIpc) is 2.25. The van der Waals surface area contributed by atoms with Crippen LogP contribution in [0.4, 0.5) is 0 Å². The van der Waals surface area contributed by atoms with Crippen LogP contribution in [0.1, 0.15) is 69.6 Å². The zero-order valence-electron chi connectivity index (χ0n) is 13.3. The summed E-state index contributed by atoms with van der Waals surface area (Å²) in [5, 5.41) is 3.63. The number of aromatic nitrogens is 2. The molecule has 0 aromatic carbocycles. The predicted octanol–water partition coefficient (Wildman–Crippen LogP) is 3.01. The van der Waals surface area contributed by atoms with Crippen molar-refractivity contribution in [1.82, 2.24) is 15.3 Å². The third-order valence-electron chi connectivity index (χ3n) is 4.39. The molecule has 1 aliphatic rings. The highest BCUT2D eigenvalue weighted by Gasteiger charge is 2.29. The van der Waals surface area contributed by atoms with E-state index in [4.69, 9.17) is 0 Å². The van der Waals surface area contributed by atoms with Gasteiger partial charge in [-0.15, -0.1) is 0 Å². The summed E-state index contributed by atoms with van der Waals surface area (Å²) in [5.41, 5.74) is 2.01. The lowest BCUT2D eigenvalue weighted by Gasteiger charge is -2.37. The molecule has 0 spiro atoms. The summed E-state index contributed by atoms with van der Waals surface area (Å²) in [4.78, 5) is 19.3. The van der Waals surface area contributed by atoms with Gasteiger partial charge in [-0.1, -0.05) is 20.3 Å². The van der Waals surface area contributed by atoms with Gasteiger partial charge < -0.3 is 10.3 Å². The number of hydrogen-bond donors (Lipinski definition) is 2. The number of rotatable bonds is 3. The molecule has 2 unspecified atom stereocenters. The van der Waals surface area contributed by atoms with E-state index in [-0.39, 0.29) is 11.6 Å². The van der Waals surface area contributed by atoms with Crippen LogP contribution < -0.4 is 10.9 Å². The van der Waals surface area contributed by atoms with E-state index in [0.717, 1.165) is 11.3 Å². The summed E-state index contributed by atoms with van der Waals surface area (Å²) in [6.45, 7) is 10.5. The first-order chi connectivity index (χ1) is 9.28. The third-order valence-corrected chi connectivity index (χ3v) is 4.39. The van der Waals surface area contributed by atoms with E-state index in [9.17, 15) is 4.79 Å². The molecule has 0 radical (unpaired) electrons. The molecular weight excluding hydrogens is 250 g/mol. The van der Waals surface area contributed by atoms with Crippen molar-refractivity contribution in [3.8, 4) is 0 Å². The molecule has 1 saturated carbocycles. The third kappa shape index (κ3) is 3.48. The van der Waals surface area contributed by atoms with Crippen molar-refractivity contribution in [3.05, 3.63) is 27.4 Å². The maximum absolute atomic E-state index is 12.1. The Morgan fingerprint density at radius 3 is 2.70 bits per heavy atom. The fraction of sp³-hybridized carbons (Fsp3) is 0.750. The Labute approximate surface area is 121 Å². The second-order valence-corrected chi connectivity index (χ2v) is 7.00. The standard InChI is InChI=1S/C16H27N3O/c1-10-14(15(20)19-12(3)17-10)11(2)18-13-7-6-8-16(4,5)9-13/h11,13,18H,6-9H2,1-5H3,(H,17,19,20). The lowest BCUT2D eigenvalue weighted by molar-refractivity contribution is 0.190. The van der Waals surface area contributed by atoms with E-state index in [1.807, 2.05) is 13.8 Å². The summed E-state index contributed by atoms with van der Waals surface area (Å²) < 4.78 is 0. The van der Waals surface area contributed by atoms with E-state index in [1.54, 1.807) is 0 Å². The molecule has 0 bridgehead atoms. The summed E-state index contributed by atoms with van der Waals surface area (Å²) in [5.74, 6) is 0.683. The number of aryl methyl sites for hydroxylation is 2. The van der Waals surface area contributed by atoms with Crippen LogP contribution in [0.5, 0.6) is 0 Å². The van der Waals surface area contributed by atoms with Crippen molar-refractivity contribution >= 4 is 0 Å². The number of H-pyrrole nitrogens is 1. The van der Waals surface area contributed by atoms with Crippen molar-refractivity contribution in [3.63, 3.8) is 0 Å². The van der Waals surface area contributed by atoms with Gasteiger partial charge in [0.1, 0.15) is 5.82 Å². The molecule has 2 atom stereocenters. The van der Waals surface area contributed by atoms with Crippen LogP contribution in [-0.4, -0.2) is 16.0 Å². The van der Waals surface area contributed by atoms with Crippen LogP contribution in [0.3, 0.4) is 0 Å². The Bertz CT molecular complexity index is 533. The number of nitrogens with zero attached hydrogens (tertiary/aromatic N) is 1. The monoisotopic (exact) mass is 277 g/mol. The predicted molar refractivity (Wildman–Crippen MR) is 81.9 cm³/mol. The van der Waals surface area contributed by atoms with E-state index in [2.05, 4.69) is 36.1 Å². The van der Waals surface area contributed by atoms with Gasteiger partial charge in [0.2, 0.25) is 0 Å². The first-order valence-corrected chi connectivity index (χ1v) is 7.62. The van der Waals surface area contributed by atoms with Gasteiger partial charge in [0, 0.05) is 17.8 Å². The highest BCUT2D eigenvalue weighted by atomic mass is 16.1. The molecule has 1 aromatic heterocycles. The Kier molecular flexibility index (Phi) is 4.33. The van der Waals surface area contributed by atoms with Crippen molar-refractivity contribution in [1.29, 1.82) is 0 Å². The van der Waals surface area contributed by atoms with E-state index in [1.165, 1.54) is 25.7 Å².